The largest absolute Gasteiger partial charge is 0.349 e. The molecule has 2 unspecified atom stereocenters. The number of hydrogen-bond donors (Lipinski definition) is 2. The smallest absolute Gasteiger partial charge is 0.222 e. The van der Waals surface area contributed by atoms with Gasteiger partial charge in [0.1, 0.15) is 5.82 Å². The molecule has 0 aliphatic carbocycles. The maximum Gasteiger partial charge on any atom is 0.222 e. The molecule has 110 valence electrons. The van der Waals surface area contributed by atoms with Gasteiger partial charge in [0.05, 0.1) is 6.04 Å². The number of benzene rings is 1. The molecular formula is C15H21FN2OS. The highest BCUT2D eigenvalue weighted by Crippen LogP contribution is 2.36. The van der Waals surface area contributed by atoms with Crippen LogP contribution in [0.3, 0.4) is 0 Å². The molecule has 2 atom stereocenters. The first-order chi connectivity index (χ1) is 9.47. The van der Waals surface area contributed by atoms with Crippen LogP contribution in [0.4, 0.5) is 4.39 Å². The van der Waals surface area contributed by atoms with Crippen LogP contribution in [0, 0.1) is 11.7 Å². The number of rotatable bonds is 4. The van der Waals surface area contributed by atoms with E-state index in [2.05, 4.69) is 5.32 Å². The van der Waals surface area contributed by atoms with Crippen molar-refractivity contribution in [2.45, 2.75) is 43.7 Å². The van der Waals surface area contributed by atoms with Gasteiger partial charge in [-0.05, 0) is 36.1 Å². The van der Waals surface area contributed by atoms with E-state index in [0.717, 1.165) is 22.6 Å². The van der Waals surface area contributed by atoms with E-state index in [1.54, 1.807) is 17.8 Å². The first kappa shape index (κ1) is 15.3. The van der Waals surface area contributed by atoms with E-state index in [1.165, 1.54) is 12.1 Å². The van der Waals surface area contributed by atoms with Crippen molar-refractivity contribution in [3.8, 4) is 0 Å². The predicted octanol–water partition coefficient (Wildman–Crippen LogP) is 2.85. The van der Waals surface area contributed by atoms with Gasteiger partial charge in [-0.1, -0.05) is 13.8 Å². The minimum atomic E-state index is -0.260. The van der Waals surface area contributed by atoms with Crippen molar-refractivity contribution in [2.24, 2.45) is 11.7 Å². The highest BCUT2D eigenvalue weighted by atomic mass is 32.2. The van der Waals surface area contributed by atoms with Gasteiger partial charge in [-0.3, -0.25) is 4.79 Å². The van der Waals surface area contributed by atoms with Crippen molar-refractivity contribution < 1.29 is 9.18 Å². The van der Waals surface area contributed by atoms with Crippen LogP contribution in [-0.2, 0) is 4.79 Å². The fraction of sp³-hybridized carbons (Fsp3) is 0.533. The molecule has 1 aromatic rings. The molecule has 0 spiro atoms. The topological polar surface area (TPSA) is 55.1 Å². The standard InChI is InChI=1S/C15H21FN2OS/c1-9(2)12(17)8-15(19)18-13-5-6-20-14-4-3-10(16)7-11(13)14/h3-4,7,9,12-13H,5-6,8,17H2,1-2H3,(H,18,19). The SMILES string of the molecule is CC(C)C(N)CC(=O)NC1CCSc2ccc(F)cc21. The van der Waals surface area contributed by atoms with E-state index in [9.17, 15) is 9.18 Å². The first-order valence-corrected chi connectivity index (χ1v) is 7.93. The summed E-state index contributed by atoms with van der Waals surface area (Å²) in [5, 5.41) is 2.99. The fourth-order valence-corrected chi connectivity index (χ4v) is 3.32. The van der Waals surface area contributed by atoms with Crippen LogP contribution in [0.15, 0.2) is 23.1 Å². The Kier molecular flexibility index (Phi) is 5.05. The number of carbonyl (C=O) groups excluding carboxylic acids is 1. The monoisotopic (exact) mass is 296 g/mol. The van der Waals surface area contributed by atoms with Crippen LogP contribution in [0.25, 0.3) is 0 Å². The summed E-state index contributed by atoms with van der Waals surface area (Å²) < 4.78 is 13.4. The second kappa shape index (κ2) is 6.59. The fourth-order valence-electron chi connectivity index (χ4n) is 2.22. The summed E-state index contributed by atoms with van der Waals surface area (Å²) in [6.45, 7) is 4.00. The molecule has 0 fully saturated rings. The zero-order chi connectivity index (χ0) is 14.7. The lowest BCUT2D eigenvalue weighted by atomic mass is 10.00. The summed E-state index contributed by atoms with van der Waals surface area (Å²) >= 11 is 1.70. The molecule has 0 saturated heterocycles. The lowest BCUT2D eigenvalue weighted by Gasteiger charge is -2.26. The second-order valence-electron chi connectivity index (χ2n) is 5.55. The molecule has 2 rings (SSSR count). The quantitative estimate of drug-likeness (QED) is 0.898. The van der Waals surface area contributed by atoms with Crippen molar-refractivity contribution in [2.75, 3.05) is 5.75 Å². The molecule has 1 heterocycles. The Morgan fingerprint density at radius 1 is 1.55 bits per heavy atom. The Morgan fingerprint density at radius 3 is 3.00 bits per heavy atom. The summed E-state index contributed by atoms with van der Waals surface area (Å²) in [5.41, 5.74) is 6.80. The van der Waals surface area contributed by atoms with Crippen LogP contribution in [0.5, 0.6) is 0 Å². The van der Waals surface area contributed by atoms with E-state index in [0.29, 0.717) is 6.42 Å². The Balaban J connectivity index is 2.04. The molecule has 1 amide bonds. The number of carbonyl (C=O) groups is 1. The third-order valence-corrected chi connectivity index (χ3v) is 4.75. The number of amides is 1. The zero-order valence-corrected chi connectivity index (χ0v) is 12.7. The second-order valence-corrected chi connectivity index (χ2v) is 6.69. The van der Waals surface area contributed by atoms with E-state index in [1.807, 2.05) is 13.8 Å². The van der Waals surface area contributed by atoms with Crippen LogP contribution < -0.4 is 11.1 Å². The number of hydrogen-bond acceptors (Lipinski definition) is 3. The van der Waals surface area contributed by atoms with Crippen molar-refractivity contribution >= 4 is 17.7 Å². The van der Waals surface area contributed by atoms with Gasteiger partial charge in [0.2, 0.25) is 5.91 Å². The Bertz CT molecular complexity index is 493. The number of halogens is 1. The molecule has 0 radical (unpaired) electrons. The summed E-state index contributed by atoms with van der Waals surface area (Å²) in [6, 6.07) is 4.53. The molecule has 1 aromatic carbocycles. The number of fused-ring (bicyclic) bond motifs is 1. The number of thioether (sulfide) groups is 1. The third-order valence-electron chi connectivity index (χ3n) is 3.62. The first-order valence-electron chi connectivity index (χ1n) is 6.94. The van der Waals surface area contributed by atoms with Crippen LogP contribution >= 0.6 is 11.8 Å². The number of nitrogens with one attached hydrogen (secondary N) is 1. The van der Waals surface area contributed by atoms with Gasteiger partial charge in [-0.15, -0.1) is 11.8 Å². The Labute approximate surface area is 123 Å². The minimum Gasteiger partial charge on any atom is -0.349 e. The third kappa shape index (κ3) is 3.73. The maximum absolute atomic E-state index is 13.4. The molecule has 20 heavy (non-hydrogen) atoms. The average Bonchev–Trinajstić information content (AvgIpc) is 2.39. The summed E-state index contributed by atoms with van der Waals surface area (Å²) in [7, 11) is 0. The van der Waals surface area contributed by atoms with Crippen LogP contribution in [0.1, 0.15) is 38.3 Å². The molecule has 0 saturated carbocycles. The molecule has 0 aromatic heterocycles. The van der Waals surface area contributed by atoms with E-state index in [-0.39, 0.29) is 29.7 Å². The van der Waals surface area contributed by atoms with Crippen LogP contribution in [-0.4, -0.2) is 17.7 Å². The molecule has 3 nitrogen and oxygen atoms in total. The zero-order valence-electron chi connectivity index (χ0n) is 11.9. The normalized spacial score (nSPS) is 19.6. The predicted molar refractivity (Wildman–Crippen MR) is 80.1 cm³/mol. The molecule has 3 N–H and O–H groups in total. The van der Waals surface area contributed by atoms with Crippen molar-refractivity contribution in [1.82, 2.24) is 5.32 Å². The minimum absolute atomic E-state index is 0.0571. The lowest BCUT2D eigenvalue weighted by Crippen LogP contribution is -2.37. The van der Waals surface area contributed by atoms with Gasteiger partial charge < -0.3 is 11.1 Å². The number of nitrogens with two attached hydrogens (primary N) is 1. The summed E-state index contributed by atoms with van der Waals surface area (Å²) in [6.07, 6.45) is 1.13. The van der Waals surface area contributed by atoms with Crippen molar-refractivity contribution in [3.63, 3.8) is 0 Å². The molecule has 0 bridgehead atoms. The maximum atomic E-state index is 13.4. The van der Waals surface area contributed by atoms with Crippen LogP contribution in [0.2, 0.25) is 0 Å². The van der Waals surface area contributed by atoms with Gasteiger partial charge in [-0.2, -0.15) is 0 Å². The molecule has 1 aliphatic rings. The van der Waals surface area contributed by atoms with Gasteiger partial charge in [-0.25, -0.2) is 4.39 Å². The molecule has 5 heteroatoms. The Morgan fingerprint density at radius 2 is 2.30 bits per heavy atom. The highest BCUT2D eigenvalue weighted by Gasteiger charge is 2.23. The van der Waals surface area contributed by atoms with E-state index >= 15 is 0 Å². The Hall–Kier alpha value is -1.07. The average molecular weight is 296 g/mol. The molecule has 1 aliphatic heterocycles. The van der Waals surface area contributed by atoms with Crippen molar-refractivity contribution in [1.29, 1.82) is 0 Å². The van der Waals surface area contributed by atoms with Gasteiger partial charge in [0, 0.05) is 23.1 Å². The van der Waals surface area contributed by atoms with Gasteiger partial charge in [0.15, 0.2) is 0 Å². The van der Waals surface area contributed by atoms with Gasteiger partial charge in [0.25, 0.3) is 0 Å². The highest BCUT2D eigenvalue weighted by molar-refractivity contribution is 7.99. The summed E-state index contributed by atoms with van der Waals surface area (Å²) in [5.74, 6) is 0.884. The van der Waals surface area contributed by atoms with E-state index < -0.39 is 0 Å². The van der Waals surface area contributed by atoms with Crippen molar-refractivity contribution in [3.05, 3.63) is 29.6 Å². The molecular weight excluding hydrogens is 275 g/mol. The van der Waals surface area contributed by atoms with Gasteiger partial charge >= 0.3 is 0 Å². The lowest BCUT2D eigenvalue weighted by molar-refractivity contribution is -0.122. The van der Waals surface area contributed by atoms with E-state index in [4.69, 9.17) is 5.73 Å². The summed E-state index contributed by atoms with van der Waals surface area (Å²) in [4.78, 5) is 13.1.